The van der Waals surface area contributed by atoms with E-state index in [0.29, 0.717) is 28.5 Å². The molecule has 0 spiro atoms. The molecule has 6 nitrogen and oxygen atoms in total. The Morgan fingerprint density at radius 3 is 2.93 bits per heavy atom. The number of hydrogen-bond donors (Lipinski definition) is 1. The largest absolute Gasteiger partial charge is 0.497 e. The molecule has 2 heterocycles. The molecule has 4 rings (SSSR count). The quantitative estimate of drug-likeness (QED) is 0.727. The number of pyridine rings is 1. The number of nitrogens with zero attached hydrogens (tertiary/aromatic N) is 2. The lowest BCUT2D eigenvalue weighted by atomic mass is 10.1. The van der Waals surface area contributed by atoms with E-state index >= 15 is 0 Å². The van der Waals surface area contributed by atoms with Gasteiger partial charge in [-0.2, -0.15) is 0 Å². The standard InChI is InChI=1S/C21H18ClN3O3/c1-28-17-6-2-5-16(11-17)25-12-14(9-19(25)26)21(27)24-18-10-15(22)8-13-4-3-7-23-20(13)18/h2-8,10-11,14H,9,12H2,1H3,(H,24,27)/t14-/m1/s1. The van der Waals surface area contributed by atoms with Crippen molar-refractivity contribution in [3.63, 3.8) is 0 Å². The topological polar surface area (TPSA) is 71.5 Å². The molecule has 7 heteroatoms. The fourth-order valence-corrected chi connectivity index (χ4v) is 3.62. The van der Waals surface area contributed by atoms with E-state index in [2.05, 4.69) is 10.3 Å². The maximum Gasteiger partial charge on any atom is 0.229 e. The fraction of sp³-hybridized carbons (Fsp3) is 0.190. The second kappa shape index (κ2) is 7.48. The highest BCUT2D eigenvalue weighted by atomic mass is 35.5. The first-order chi connectivity index (χ1) is 13.5. The smallest absolute Gasteiger partial charge is 0.229 e. The summed E-state index contributed by atoms with van der Waals surface area (Å²) in [4.78, 5) is 31.3. The number of fused-ring (bicyclic) bond motifs is 1. The second-order valence-corrected chi connectivity index (χ2v) is 7.06. The Morgan fingerprint density at radius 2 is 2.11 bits per heavy atom. The Hall–Kier alpha value is -3.12. The number of aromatic nitrogens is 1. The number of rotatable bonds is 4. The third-order valence-electron chi connectivity index (χ3n) is 4.79. The molecule has 1 fully saturated rings. The van der Waals surface area contributed by atoms with Gasteiger partial charge in [-0.05, 0) is 30.3 Å². The summed E-state index contributed by atoms with van der Waals surface area (Å²) in [6.45, 7) is 0.309. The average molecular weight is 396 g/mol. The van der Waals surface area contributed by atoms with E-state index in [1.165, 1.54) is 0 Å². The van der Waals surface area contributed by atoms with Gasteiger partial charge in [0.25, 0.3) is 0 Å². The first-order valence-corrected chi connectivity index (χ1v) is 9.22. The van der Waals surface area contributed by atoms with Gasteiger partial charge in [-0.1, -0.05) is 23.7 Å². The van der Waals surface area contributed by atoms with Crippen LogP contribution in [0.1, 0.15) is 6.42 Å². The Kier molecular flexibility index (Phi) is 4.88. The van der Waals surface area contributed by atoms with Crippen molar-refractivity contribution in [2.24, 2.45) is 5.92 Å². The first kappa shape index (κ1) is 18.3. The van der Waals surface area contributed by atoms with Gasteiger partial charge in [-0.25, -0.2) is 0 Å². The van der Waals surface area contributed by atoms with Gasteiger partial charge < -0.3 is 15.0 Å². The number of methoxy groups -OCH3 is 1. The van der Waals surface area contributed by atoms with Gasteiger partial charge in [-0.15, -0.1) is 0 Å². The second-order valence-electron chi connectivity index (χ2n) is 6.62. The van der Waals surface area contributed by atoms with Crippen LogP contribution in [0.5, 0.6) is 5.75 Å². The summed E-state index contributed by atoms with van der Waals surface area (Å²) in [6.07, 6.45) is 1.81. The zero-order chi connectivity index (χ0) is 19.7. The molecule has 0 radical (unpaired) electrons. The summed E-state index contributed by atoms with van der Waals surface area (Å²) in [5.74, 6) is -0.124. The van der Waals surface area contributed by atoms with Crippen LogP contribution in [0.15, 0.2) is 54.7 Å². The van der Waals surface area contributed by atoms with Crippen molar-refractivity contribution < 1.29 is 14.3 Å². The molecule has 1 saturated heterocycles. The lowest BCUT2D eigenvalue weighted by molar-refractivity contribution is -0.122. The molecule has 0 saturated carbocycles. The van der Waals surface area contributed by atoms with Gasteiger partial charge in [0, 0.05) is 41.3 Å². The minimum Gasteiger partial charge on any atom is -0.497 e. The van der Waals surface area contributed by atoms with Crippen LogP contribution in [0, 0.1) is 5.92 Å². The van der Waals surface area contributed by atoms with Crippen molar-refractivity contribution >= 4 is 45.7 Å². The van der Waals surface area contributed by atoms with Crippen molar-refractivity contribution in [1.82, 2.24) is 4.98 Å². The molecule has 0 unspecified atom stereocenters. The number of amides is 2. The van der Waals surface area contributed by atoms with E-state index in [1.807, 2.05) is 30.3 Å². The van der Waals surface area contributed by atoms with E-state index in [0.717, 1.165) is 11.1 Å². The zero-order valence-electron chi connectivity index (χ0n) is 15.2. The number of carbonyl (C=O) groups is 2. The third-order valence-corrected chi connectivity index (χ3v) is 5.01. The molecule has 1 N–H and O–H groups in total. The van der Waals surface area contributed by atoms with Crippen LogP contribution in [0.4, 0.5) is 11.4 Å². The molecule has 142 valence electrons. The summed E-state index contributed by atoms with van der Waals surface area (Å²) in [5, 5.41) is 4.24. The molecule has 2 amide bonds. The molecule has 0 aliphatic carbocycles. The lowest BCUT2D eigenvalue weighted by Crippen LogP contribution is -2.28. The van der Waals surface area contributed by atoms with Crippen LogP contribution >= 0.6 is 11.6 Å². The van der Waals surface area contributed by atoms with Crippen molar-refractivity contribution in [1.29, 1.82) is 0 Å². The predicted molar refractivity (Wildman–Crippen MR) is 109 cm³/mol. The fourth-order valence-electron chi connectivity index (χ4n) is 3.40. The van der Waals surface area contributed by atoms with Gasteiger partial charge in [0.05, 0.1) is 24.2 Å². The highest BCUT2D eigenvalue weighted by molar-refractivity contribution is 6.32. The predicted octanol–water partition coefficient (Wildman–Crippen LogP) is 3.89. The maximum atomic E-state index is 12.8. The number of benzene rings is 2. The molecule has 28 heavy (non-hydrogen) atoms. The van der Waals surface area contributed by atoms with Crippen LogP contribution in [0.25, 0.3) is 10.9 Å². The van der Waals surface area contributed by atoms with E-state index < -0.39 is 5.92 Å². The Labute approximate surface area is 167 Å². The molecule has 3 aromatic rings. The molecular formula is C21H18ClN3O3. The van der Waals surface area contributed by atoms with E-state index in [1.54, 1.807) is 36.4 Å². The van der Waals surface area contributed by atoms with Crippen LogP contribution in [-0.4, -0.2) is 30.5 Å². The van der Waals surface area contributed by atoms with Crippen LogP contribution in [0.3, 0.4) is 0 Å². The molecular weight excluding hydrogens is 378 g/mol. The van der Waals surface area contributed by atoms with Crippen LogP contribution < -0.4 is 15.0 Å². The molecule has 1 atom stereocenters. The molecule has 1 aliphatic rings. The highest BCUT2D eigenvalue weighted by Gasteiger charge is 2.35. The van der Waals surface area contributed by atoms with Gasteiger partial charge in [0.2, 0.25) is 11.8 Å². The Morgan fingerprint density at radius 1 is 1.25 bits per heavy atom. The number of hydrogen-bond acceptors (Lipinski definition) is 4. The van der Waals surface area contributed by atoms with Gasteiger partial charge in [0.15, 0.2) is 0 Å². The van der Waals surface area contributed by atoms with Crippen molar-refractivity contribution in [2.75, 3.05) is 23.9 Å². The lowest BCUT2D eigenvalue weighted by Gasteiger charge is -2.17. The van der Waals surface area contributed by atoms with E-state index in [-0.39, 0.29) is 18.2 Å². The van der Waals surface area contributed by atoms with Crippen molar-refractivity contribution in [3.05, 3.63) is 59.8 Å². The van der Waals surface area contributed by atoms with Crippen LogP contribution in [-0.2, 0) is 9.59 Å². The maximum absolute atomic E-state index is 12.8. The Balaban J connectivity index is 1.54. The van der Waals surface area contributed by atoms with Crippen molar-refractivity contribution in [2.45, 2.75) is 6.42 Å². The van der Waals surface area contributed by atoms with Gasteiger partial charge in [0.1, 0.15) is 5.75 Å². The summed E-state index contributed by atoms with van der Waals surface area (Å²) in [7, 11) is 1.57. The summed E-state index contributed by atoms with van der Waals surface area (Å²) < 4.78 is 5.22. The minimum absolute atomic E-state index is 0.0949. The van der Waals surface area contributed by atoms with Gasteiger partial charge >= 0.3 is 0 Å². The molecule has 0 bridgehead atoms. The SMILES string of the molecule is COc1cccc(N2C[C@H](C(=O)Nc3cc(Cl)cc4cccnc34)CC2=O)c1. The van der Waals surface area contributed by atoms with E-state index in [4.69, 9.17) is 16.3 Å². The number of nitrogens with one attached hydrogen (secondary N) is 1. The zero-order valence-corrected chi connectivity index (χ0v) is 15.9. The molecule has 1 aliphatic heterocycles. The average Bonchev–Trinajstić information content (AvgIpc) is 3.10. The van der Waals surface area contributed by atoms with Crippen molar-refractivity contribution in [3.8, 4) is 5.75 Å². The van der Waals surface area contributed by atoms with Gasteiger partial charge in [-0.3, -0.25) is 14.6 Å². The normalized spacial score (nSPS) is 16.4. The minimum atomic E-state index is -0.462. The summed E-state index contributed by atoms with van der Waals surface area (Å²) in [6, 6.07) is 14.4. The summed E-state index contributed by atoms with van der Waals surface area (Å²) in [5.41, 5.74) is 1.92. The Bertz CT molecular complexity index is 1070. The highest BCUT2D eigenvalue weighted by Crippen LogP contribution is 2.30. The first-order valence-electron chi connectivity index (χ1n) is 8.84. The van der Waals surface area contributed by atoms with Crippen LogP contribution in [0.2, 0.25) is 5.02 Å². The molecule has 2 aromatic carbocycles. The monoisotopic (exact) mass is 395 g/mol. The third kappa shape index (κ3) is 3.51. The molecule has 1 aromatic heterocycles. The van der Waals surface area contributed by atoms with E-state index in [9.17, 15) is 9.59 Å². The summed E-state index contributed by atoms with van der Waals surface area (Å²) >= 11 is 6.17. The number of anilines is 2. The number of ether oxygens (including phenoxy) is 1. The number of halogens is 1. The number of carbonyl (C=O) groups excluding carboxylic acids is 2.